The maximum absolute atomic E-state index is 12.3. The number of aryl methyl sites for hydroxylation is 1. The molecule has 1 aromatic carbocycles. The molecular weight excluding hydrogens is 318 g/mol. The average Bonchev–Trinajstić information content (AvgIpc) is 3.20. The Morgan fingerprint density at radius 3 is 2.76 bits per heavy atom. The van der Waals surface area contributed by atoms with E-state index < -0.39 is 0 Å². The molecule has 126 valence electrons. The molecular formula is C19H17N3O3. The van der Waals surface area contributed by atoms with Gasteiger partial charge in [0.15, 0.2) is 0 Å². The molecule has 6 nitrogen and oxygen atoms in total. The third-order valence-electron chi connectivity index (χ3n) is 4.33. The highest BCUT2D eigenvalue weighted by atomic mass is 16.3. The van der Waals surface area contributed by atoms with Gasteiger partial charge in [-0.25, -0.2) is 4.98 Å². The number of aromatic nitrogens is 2. The highest BCUT2D eigenvalue weighted by molar-refractivity contribution is 5.95. The molecule has 1 aliphatic carbocycles. The molecule has 1 aliphatic rings. The van der Waals surface area contributed by atoms with Gasteiger partial charge in [0.25, 0.3) is 5.56 Å². The average molecular weight is 335 g/mol. The molecule has 2 heterocycles. The second-order valence-corrected chi connectivity index (χ2v) is 6.27. The third kappa shape index (κ3) is 3.24. The zero-order chi connectivity index (χ0) is 17.4. The number of nitrogens with zero attached hydrogens (tertiary/aromatic N) is 1. The van der Waals surface area contributed by atoms with Gasteiger partial charge >= 0.3 is 0 Å². The second kappa shape index (κ2) is 6.05. The fourth-order valence-corrected chi connectivity index (χ4v) is 2.96. The minimum atomic E-state index is -0.183. The van der Waals surface area contributed by atoms with Gasteiger partial charge in [-0.2, -0.15) is 0 Å². The number of H-pyrrole nitrogens is 1. The third-order valence-corrected chi connectivity index (χ3v) is 4.33. The predicted octanol–water partition coefficient (Wildman–Crippen LogP) is 3.08. The first-order valence-corrected chi connectivity index (χ1v) is 8.13. The molecule has 25 heavy (non-hydrogen) atoms. The number of rotatable bonds is 4. The number of carbonyl (C=O) groups is 1. The highest BCUT2D eigenvalue weighted by Crippen LogP contribution is 2.48. The van der Waals surface area contributed by atoms with Gasteiger partial charge in [-0.1, -0.05) is 0 Å². The summed E-state index contributed by atoms with van der Waals surface area (Å²) < 4.78 is 5.36. The summed E-state index contributed by atoms with van der Waals surface area (Å²) in [6, 6.07) is 12.4. The molecule has 4 rings (SSSR count). The number of anilines is 1. The van der Waals surface area contributed by atoms with Crippen LogP contribution in [0.25, 0.3) is 11.4 Å². The molecule has 2 N–H and O–H groups in total. The van der Waals surface area contributed by atoms with Crippen molar-refractivity contribution in [1.82, 2.24) is 9.97 Å². The Morgan fingerprint density at radius 2 is 2.08 bits per heavy atom. The van der Waals surface area contributed by atoms with Crippen LogP contribution < -0.4 is 10.9 Å². The Bertz CT molecular complexity index is 958. The summed E-state index contributed by atoms with van der Waals surface area (Å²) in [5.41, 5.74) is 1.99. The molecule has 0 unspecified atom stereocenters. The van der Waals surface area contributed by atoms with Crippen LogP contribution >= 0.6 is 0 Å². The van der Waals surface area contributed by atoms with Gasteiger partial charge in [0.05, 0.1) is 6.26 Å². The van der Waals surface area contributed by atoms with Crippen molar-refractivity contribution >= 4 is 11.6 Å². The Balaban J connectivity index is 1.44. The summed E-state index contributed by atoms with van der Waals surface area (Å²) in [5.74, 6) is 1.51. The molecule has 0 spiro atoms. The summed E-state index contributed by atoms with van der Waals surface area (Å²) in [5, 5.41) is 2.92. The first-order valence-electron chi connectivity index (χ1n) is 8.13. The molecule has 2 aromatic heterocycles. The van der Waals surface area contributed by atoms with Gasteiger partial charge < -0.3 is 14.7 Å². The minimum absolute atomic E-state index is 0.00348. The van der Waals surface area contributed by atoms with Crippen LogP contribution in [0, 0.1) is 12.8 Å². The molecule has 1 saturated carbocycles. The standard InChI is InChI=1S/C19H17N3O3/c1-11-9-17(23)22-18(20-11)12-4-6-13(7-5-12)21-19(24)15-10-14(15)16-3-2-8-25-16/h2-9,14-15H,10H2,1H3,(H,21,24)(H,20,22,23)/t14-,15-/m1/s1. The van der Waals surface area contributed by atoms with E-state index >= 15 is 0 Å². The summed E-state index contributed by atoms with van der Waals surface area (Å²) in [7, 11) is 0. The summed E-state index contributed by atoms with van der Waals surface area (Å²) in [6.07, 6.45) is 2.44. The van der Waals surface area contributed by atoms with Crippen LogP contribution in [0.2, 0.25) is 0 Å². The normalized spacial score (nSPS) is 18.8. The first-order chi connectivity index (χ1) is 12.1. The van der Waals surface area contributed by atoms with E-state index in [9.17, 15) is 9.59 Å². The fraction of sp³-hybridized carbons (Fsp3) is 0.211. The number of benzene rings is 1. The van der Waals surface area contributed by atoms with E-state index in [-0.39, 0.29) is 23.3 Å². The number of carbonyl (C=O) groups excluding carboxylic acids is 1. The quantitative estimate of drug-likeness (QED) is 0.767. The van der Waals surface area contributed by atoms with E-state index in [4.69, 9.17) is 4.42 Å². The van der Waals surface area contributed by atoms with Crippen LogP contribution in [0.15, 0.2) is 57.9 Å². The topological polar surface area (TPSA) is 88.0 Å². The molecule has 6 heteroatoms. The molecule has 0 saturated heterocycles. The zero-order valence-corrected chi connectivity index (χ0v) is 13.7. The maximum atomic E-state index is 12.3. The van der Waals surface area contributed by atoms with E-state index in [2.05, 4.69) is 15.3 Å². The minimum Gasteiger partial charge on any atom is -0.469 e. The van der Waals surface area contributed by atoms with Gasteiger partial charge in [0.2, 0.25) is 5.91 Å². The lowest BCUT2D eigenvalue weighted by molar-refractivity contribution is -0.117. The van der Waals surface area contributed by atoms with Crippen LogP contribution in [0.1, 0.15) is 23.8 Å². The van der Waals surface area contributed by atoms with Gasteiger partial charge in [-0.15, -0.1) is 0 Å². The van der Waals surface area contributed by atoms with Gasteiger partial charge in [0.1, 0.15) is 11.6 Å². The van der Waals surface area contributed by atoms with Crippen molar-refractivity contribution in [3.05, 3.63) is 70.5 Å². The molecule has 1 amide bonds. The summed E-state index contributed by atoms with van der Waals surface area (Å²) >= 11 is 0. The molecule has 0 aliphatic heterocycles. The van der Waals surface area contributed by atoms with Gasteiger partial charge in [-0.3, -0.25) is 9.59 Å². The smallest absolute Gasteiger partial charge is 0.251 e. The predicted molar refractivity (Wildman–Crippen MR) is 93.2 cm³/mol. The van der Waals surface area contributed by atoms with Crippen LogP contribution in [-0.2, 0) is 4.79 Å². The lowest BCUT2D eigenvalue weighted by Crippen LogP contribution is -2.14. The lowest BCUT2D eigenvalue weighted by atomic mass is 10.2. The molecule has 0 bridgehead atoms. The molecule has 0 radical (unpaired) electrons. The van der Waals surface area contributed by atoms with E-state index in [1.807, 2.05) is 24.3 Å². The molecule has 1 fully saturated rings. The van der Waals surface area contributed by atoms with E-state index in [0.29, 0.717) is 17.2 Å². The summed E-state index contributed by atoms with van der Waals surface area (Å²) in [6.45, 7) is 1.78. The Kier molecular flexibility index (Phi) is 3.72. The van der Waals surface area contributed by atoms with Crippen molar-refractivity contribution in [3.8, 4) is 11.4 Å². The zero-order valence-electron chi connectivity index (χ0n) is 13.7. The summed E-state index contributed by atoms with van der Waals surface area (Å²) in [4.78, 5) is 30.9. The maximum Gasteiger partial charge on any atom is 0.251 e. The monoisotopic (exact) mass is 335 g/mol. The van der Waals surface area contributed by atoms with Crippen LogP contribution in [0.5, 0.6) is 0 Å². The van der Waals surface area contributed by atoms with E-state index in [1.54, 1.807) is 25.3 Å². The van der Waals surface area contributed by atoms with Crippen molar-refractivity contribution in [2.75, 3.05) is 5.32 Å². The number of hydrogen-bond acceptors (Lipinski definition) is 4. The van der Waals surface area contributed by atoms with Crippen LogP contribution in [0.3, 0.4) is 0 Å². The molecule has 3 aromatic rings. The first kappa shape index (κ1) is 15.4. The van der Waals surface area contributed by atoms with Crippen LogP contribution in [0.4, 0.5) is 5.69 Å². The number of nitrogens with one attached hydrogen (secondary N) is 2. The highest BCUT2D eigenvalue weighted by Gasteiger charge is 2.45. The second-order valence-electron chi connectivity index (χ2n) is 6.27. The van der Waals surface area contributed by atoms with Crippen molar-refractivity contribution < 1.29 is 9.21 Å². The Hall–Kier alpha value is -3.15. The fourth-order valence-electron chi connectivity index (χ4n) is 2.96. The van der Waals surface area contributed by atoms with Crippen molar-refractivity contribution in [2.45, 2.75) is 19.3 Å². The number of furan rings is 1. The van der Waals surface area contributed by atoms with E-state index in [1.165, 1.54) is 6.07 Å². The Labute approximate surface area is 143 Å². The Morgan fingerprint density at radius 1 is 1.28 bits per heavy atom. The van der Waals surface area contributed by atoms with Gasteiger partial charge in [0, 0.05) is 34.8 Å². The number of hydrogen-bond donors (Lipinski definition) is 2. The van der Waals surface area contributed by atoms with Crippen molar-refractivity contribution in [1.29, 1.82) is 0 Å². The van der Waals surface area contributed by atoms with Crippen molar-refractivity contribution in [3.63, 3.8) is 0 Å². The van der Waals surface area contributed by atoms with Crippen LogP contribution in [-0.4, -0.2) is 15.9 Å². The lowest BCUT2D eigenvalue weighted by Gasteiger charge is -2.06. The molecule has 2 atom stereocenters. The van der Waals surface area contributed by atoms with E-state index in [0.717, 1.165) is 17.7 Å². The van der Waals surface area contributed by atoms with Gasteiger partial charge in [-0.05, 0) is 49.7 Å². The number of aromatic amines is 1. The number of amides is 1. The SMILES string of the molecule is Cc1cc(=O)[nH]c(-c2ccc(NC(=O)[C@@H]3C[C@H]3c3ccco3)cc2)n1. The largest absolute Gasteiger partial charge is 0.469 e. The van der Waals surface area contributed by atoms with Crippen molar-refractivity contribution in [2.24, 2.45) is 5.92 Å².